The van der Waals surface area contributed by atoms with E-state index in [1.165, 1.54) is 25.5 Å². The maximum atomic E-state index is 13.0. The summed E-state index contributed by atoms with van der Waals surface area (Å²) in [5.41, 5.74) is 2.06. The number of sulfonamides is 1. The third-order valence-electron chi connectivity index (χ3n) is 4.68. The summed E-state index contributed by atoms with van der Waals surface area (Å²) in [6.45, 7) is 2.88. The lowest BCUT2D eigenvalue weighted by molar-refractivity contribution is 0.0989. The number of hydrogen-bond acceptors (Lipinski definition) is 5. The molecule has 0 atom stereocenters. The molecule has 0 spiro atoms. The first-order valence-electron chi connectivity index (χ1n) is 8.97. The molecule has 1 aliphatic heterocycles. The van der Waals surface area contributed by atoms with Crippen LogP contribution >= 0.6 is 0 Å². The summed E-state index contributed by atoms with van der Waals surface area (Å²) in [4.78, 5) is 14.9. The Morgan fingerprint density at radius 1 is 1.14 bits per heavy atom. The normalized spacial score (nSPS) is 13.5. The van der Waals surface area contributed by atoms with Gasteiger partial charge in [0.15, 0.2) is 11.5 Å². The van der Waals surface area contributed by atoms with Crippen molar-refractivity contribution in [3.63, 3.8) is 0 Å². The Morgan fingerprint density at radius 3 is 2.54 bits per heavy atom. The van der Waals surface area contributed by atoms with E-state index >= 15 is 0 Å². The molecule has 0 aromatic heterocycles. The van der Waals surface area contributed by atoms with Crippen LogP contribution in [0.15, 0.2) is 41.3 Å². The molecule has 28 heavy (non-hydrogen) atoms. The van der Waals surface area contributed by atoms with Crippen molar-refractivity contribution in [3.05, 3.63) is 47.5 Å². The minimum absolute atomic E-state index is 0.164. The number of methoxy groups -OCH3 is 1. The van der Waals surface area contributed by atoms with Crippen molar-refractivity contribution in [3.8, 4) is 11.5 Å². The smallest absolute Gasteiger partial charge is 0.258 e. The summed E-state index contributed by atoms with van der Waals surface area (Å²) in [6.07, 6.45) is 0.603. The van der Waals surface area contributed by atoms with Crippen LogP contribution in [0.3, 0.4) is 0 Å². The maximum absolute atomic E-state index is 13.0. The molecule has 1 heterocycles. The van der Waals surface area contributed by atoms with Crippen molar-refractivity contribution in [1.82, 2.24) is 4.31 Å². The van der Waals surface area contributed by atoms with Crippen LogP contribution in [0.4, 0.5) is 5.69 Å². The maximum Gasteiger partial charge on any atom is 0.258 e. The molecule has 7 nitrogen and oxygen atoms in total. The topological polar surface area (TPSA) is 76.2 Å². The standard InChI is InChI=1S/C20H24N2O5S/c1-5-27-18-9-6-15(13-19(18)26-4)20(23)22-11-10-14-12-16(7-8-17(14)22)28(24,25)21(2)3/h6-9,12-13H,5,10-11H2,1-4H3. The average Bonchev–Trinajstić information content (AvgIpc) is 3.11. The van der Waals surface area contributed by atoms with Crippen LogP contribution < -0.4 is 14.4 Å². The molecule has 3 rings (SSSR count). The fourth-order valence-electron chi connectivity index (χ4n) is 3.19. The second-order valence-electron chi connectivity index (χ2n) is 6.58. The Kier molecular flexibility index (Phi) is 5.62. The Labute approximate surface area is 165 Å². The number of hydrogen-bond donors (Lipinski definition) is 0. The molecule has 150 valence electrons. The summed E-state index contributed by atoms with van der Waals surface area (Å²) in [6, 6.07) is 9.98. The Morgan fingerprint density at radius 2 is 1.89 bits per heavy atom. The highest BCUT2D eigenvalue weighted by atomic mass is 32.2. The molecular formula is C20H24N2O5S. The van der Waals surface area contributed by atoms with E-state index in [-0.39, 0.29) is 10.8 Å². The monoisotopic (exact) mass is 404 g/mol. The zero-order valence-corrected chi connectivity index (χ0v) is 17.2. The molecule has 1 aliphatic rings. The Hall–Kier alpha value is -2.58. The highest BCUT2D eigenvalue weighted by molar-refractivity contribution is 7.89. The summed E-state index contributed by atoms with van der Waals surface area (Å²) >= 11 is 0. The molecule has 2 aromatic rings. The van der Waals surface area contributed by atoms with E-state index in [2.05, 4.69) is 0 Å². The van der Waals surface area contributed by atoms with Gasteiger partial charge in [0.05, 0.1) is 18.6 Å². The molecule has 1 amide bonds. The predicted molar refractivity (Wildman–Crippen MR) is 107 cm³/mol. The summed E-state index contributed by atoms with van der Waals surface area (Å²) in [7, 11) is 1.02. The fraction of sp³-hybridized carbons (Fsp3) is 0.350. The summed E-state index contributed by atoms with van der Waals surface area (Å²) in [5.74, 6) is 0.921. The molecule has 0 aliphatic carbocycles. The van der Waals surface area contributed by atoms with Crippen molar-refractivity contribution in [2.24, 2.45) is 0 Å². The van der Waals surface area contributed by atoms with Crippen molar-refractivity contribution < 1.29 is 22.7 Å². The van der Waals surface area contributed by atoms with Crippen LogP contribution in [-0.2, 0) is 16.4 Å². The zero-order chi connectivity index (χ0) is 20.5. The second-order valence-corrected chi connectivity index (χ2v) is 8.74. The molecule has 0 saturated heterocycles. The minimum atomic E-state index is -3.51. The number of rotatable bonds is 6. The van der Waals surface area contributed by atoms with Crippen molar-refractivity contribution >= 4 is 21.6 Å². The van der Waals surface area contributed by atoms with E-state index in [4.69, 9.17) is 9.47 Å². The van der Waals surface area contributed by atoms with Gasteiger partial charge in [-0.25, -0.2) is 12.7 Å². The first-order chi connectivity index (χ1) is 13.3. The van der Waals surface area contributed by atoms with Gasteiger partial charge in [0.25, 0.3) is 5.91 Å². The average molecular weight is 404 g/mol. The van der Waals surface area contributed by atoms with Crippen LogP contribution in [0, 0.1) is 0 Å². The van der Waals surface area contributed by atoms with Crippen molar-refractivity contribution in [1.29, 1.82) is 0 Å². The predicted octanol–water partition coefficient (Wildman–Crippen LogP) is 2.55. The Balaban J connectivity index is 1.91. The number of fused-ring (bicyclic) bond motifs is 1. The molecule has 2 aromatic carbocycles. The second kappa shape index (κ2) is 7.81. The highest BCUT2D eigenvalue weighted by Crippen LogP contribution is 2.34. The van der Waals surface area contributed by atoms with Gasteiger partial charge in [0.2, 0.25) is 10.0 Å². The largest absolute Gasteiger partial charge is 0.493 e. The first-order valence-corrected chi connectivity index (χ1v) is 10.4. The lowest BCUT2D eigenvalue weighted by Gasteiger charge is -2.19. The van der Waals surface area contributed by atoms with Crippen LogP contribution in [-0.4, -0.2) is 53.0 Å². The number of anilines is 1. The minimum Gasteiger partial charge on any atom is -0.493 e. The van der Waals surface area contributed by atoms with Gasteiger partial charge >= 0.3 is 0 Å². The summed E-state index contributed by atoms with van der Waals surface area (Å²) in [5, 5.41) is 0. The lowest BCUT2D eigenvalue weighted by Crippen LogP contribution is -2.29. The van der Waals surface area contributed by atoms with Gasteiger partial charge in [0.1, 0.15) is 0 Å². The number of carbonyl (C=O) groups excluding carboxylic acids is 1. The molecule has 0 saturated carbocycles. The van der Waals surface area contributed by atoms with E-state index < -0.39 is 10.0 Å². The van der Waals surface area contributed by atoms with Gasteiger partial charge in [-0.05, 0) is 55.3 Å². The Bertz CT molecular complexity index is 1000. The van der Waals surface area contributed by atoms with E-state index in [9.17, 15) is 13.2 Å². The van der Waals surface area contributed by atoms with Gasteiger partial charge in [-0.1, -0.05) is 0 Å². The number of amides is 1. The van der Waals surface area contributed by atoms with Gasteiger partial charge < -0.3 is 14.4 Å². The van der Waals surface area contributed by atoms with E-state index in [0.29, 0.717) is 36.6 Å². The number of carbonyl (C=O) groups is 1. The van der Waals surface area contributed by atoms with E-state index in [1.807, 2.05) is 6.92 Å². The highest BCUT2D eigenvalue weighted by Gasteiger charge is 2.28. The molecule has 0 radical (unpaired) electrons. The molecule has 0 fully saturated rings. The zero-order valence-electron chi connectivity index (χ0n) is 16.4. The molecular weight excluding hydrogens is 380 g/mol. The summed E-state index contributed by atoms with van der Waals surface area (Å²) < 4.78 is 36.7. The first kappa shape index (κ1) is 20.2. The number of nitrogens with zero attached hydrogens (tertiary/aromatic N) is 2. The van der Waals surface area contributed by atoms with Gasteiger partial charge in [0, 0.05) is 31.9 Å². The van der Waals surface area contributed by atoms with Crippen molar-refractivity contribution in [2.45, 2.75) is 18.2 Å². The van der Waals surface area contributed by atoms with Crippen LogP contribution in [0.25, 0.3) is 0 Å². The van der Waals surface area contributed by atoms with Gasteiger partial charge in [-0.2, -0.15) is 0 Å². The SMILES string of the molecule is CCOc1ccc(C(=O)N2CCc3cc(S(=O)(=O)N(C)C)ccc32)cc1OC. The molecule has 0 N–H and O–H groups in total. The van der Waals surface area contributed by atoms with Crippen LogP contribution in [0.5, 0.6) is 11.5 Å². The third kappa shape index (κ3) is 3.57. The van der Waals surface area contributed by atoms with Crippen molar-refractivity contribution in [2.75, 3.05) is 39.3 Å². The van der Waals surface area contributed by atoms with E-state index in [0.717, 1.165) is 11.3 Å². The lowest BCUT2D eigenvalue weighted by atomic mass is 10.1. The van der Waals surface area contributed by atoms with E-state index in [1.54, 1.807) is 41.3 Å². The quantitative estimate of drug-likeness (QED) is 0.740. The number of benzene rings is 2. The molecule has 8 heteroatoms. The fourth-order valence-corrected chi connectivity index (χ4v) is 4.14. The molecule has 0 unspecified atom stereocenters. The molecule has 0 bridgehead atoms. The van der Waals surface area contributed by atoms with Gasteiger partial charge in [-0.15, -0.1) is 0 Å². The van der Waals surface area contributed by atoms with Crippen LogP contribution in [0.1, 0.15) is 22.8 Å². The van der Waals surface area contributed by atoms with Gasteiger partial charge in [-0.3, -0.25) is 4.79 Å². The third-order valence-corrected chi connectivity index (χ3v) is 6.49. The van der Waals surface area contributed by atoms with Crippen LogP contribution in [0.2, 0.25) is 0 Å². The number of ether oxygens (including phenoxy) is 2.